The Bertz CT molecular complexity index is 1130. The number of aromatic nitrogens is 4. The van der Waals surface area contributed by atoms with Crippen LogP contribution in [-0.2, 0) is 6.54 Å². The molecule has 0 aromatic carbocycles. The van der Waals surface area contributed by atoms with Gasteiger partial charge in [0.15, 0.2) is 5.82 Å². The second-order valence-electron chi connectivity index (χ2n) is 7.87. The van der Waals surface area contributed by atoms with E-state index in [4.69, 9.17) is 9.15 Å². The first-order valence-corrected chi connectivity index (χ1v) is 9.88. The van der Waals surface area contributed by atoms with Crippen molar-refractivity contribution < 1.29 is 9.15 Å². The largest absolute Gasteiger partial charge is 0.484 e. The van der Waals surface area contributed by atoms with Crippen molar-refractivity contribution in [3.05, 3.63) is 51.7 Å². The van der Waals surface area contributed by atoms with Crippen LogP contribution in [0.25, 0.3) is 17.6 Å². The Labute approximate surface area is 168 Å². The van der Waals surface area contributed by atoms with E-state index < -0.39 is 0 Å². The Morgan fingerprint density at radius 3 is 3.00 bits per heavy atom. The third-order valence-electron chi connectivity index (χ3n) is 5.84. The highest BCUT2D eigenvalue weighted by atomic mass is 16.5. The molecule has 0 aliphatic carbocycles. The van der Waals surface area contributed by atoms with Gasteiger partial charge in [-0.1, -0.05) is 0 Å². The summed E-state index contributed by atoms with van der Waals surface area (Å²) in [6, 6.07) is 2.07. The van der Waals surface area contributed by atoms with Crippen LogP contribution in [0.4, 0.5) is 0 Å². The molecule has 0 amide bonds. The van der Waals surface area contributed by atoms with Gasteiger partial charge in [-0.15, -0.1) is 0 Å². The van der Waals surface area contributed by atoms with Gasteiger partial charge < -0.3 is 13.7 Å². The van der Waals surface area contributed by atoms with Crippen molar-refractivity contribution >= 4 is 6.08 Å². The van der Waals surface area contributed by atoms with Gasteiger partial charge in [0.1, 0.15) is 35.2 Å². The van der Waals surface area contributed by atoms with Crippen molar-refractivity contribution in [2.45, 2.75) is 45.9 Å². The van der Waals surface area contributed by atoms with E-state index in [0.717, 1.165) is 48.8 Å². The second kappa shape index (κ2) is 6.81. The van der Waals surface area contributed by atoms with E-state index in [9.17, 15) is 4.79 Å². The van der Waals surface area contributed by atoms with Gasteiger partial charge in [0.05, 0.1) is 12.0 Å². The van der Waals surface area contributed by atoms with Crippen LogP contribution in [0.5, 0.6) is 5.75 Å². The van der Waals surface area contributed by atoms with Gasteiger partial charge in [-0.05, 0) is 38.8 Å². The molecule has 0 unspecified atom stereocenters. The maximum Gasteiger partial charge on any atom is 0.346 e. The van der Waals surface area contributed by atoms with Crippen LogP contribution in [-0.4, -0.2) is 49.7 Å². The molecule has 8 heteroatoms. The Hall–Kier alpha value is -3.00. The first-order valence-electron chi connectivity index (χ1n) is 9.88. The molecule has 5 heterocycles. The van der Waals surface area contributed by atoms with Gasteiger partial charge in [0.25, 0.3) is 0 Å². The third kappa shape index (κ3) is 3.13. The molecule has 1 saturated heterocycles. The lowest BCUT2D eigenvalue weighted by atomic mass is 9.95. The fourth-order valence-corrected chi connectivity index (χ4v) is 4.22. The van der Waals surface area contributed by atoms with Crippen molar-refractivity contribution in [3.63, 3.8) is 0 Å². The fourth-order valence-electron chi connectivity index (χ4n) is 4.22. The van der Waals surface area contributed by atoms with Gasteiger partial charge in [-0.2, -0.15) is 0 Å². The molecule has 1 aromatic heterocycles. The molecule has 2 atom stereocenters. The first kappa shape index (κ1) is 18.1. The Balaban J connectivity index is 1.34. The maximum absolute atomic E-state index is 12.1. The van der Waals surface area contributed by atoms with E-state index in [0.29, 0.717) is 17.1 Å². The molecule has 0 spiro atoms. The summed E-state index contributed by atoms with van der Waals surface area (Å²) in [6.07, 6.45) is 6.21. The van der Waals surface area contributed by atoms with E-state index in [1.807, 2.05) is 19.3 Å². The molecule has 29 heavy (non-hydrogen) atoms. The summed E-state index contributed by atoms with van der Waals surface area (Å²) < 4.78 is 13.5. The summed E-state index contributed by atoms with van der Waals surface area (Å²) in [5, 5.41) is 0. The van der Waals surface area contributed by atoms with Crippen LogP contribution in [0.1, 0.15) is 30.4 Å². The minimum absolute atomic E-state index is 0.0419. The minimum Gasteiger partial charge on any atom is -0.484 e. The zero-order chi connectivity index (χ0) is 20.1. The van der Waals surface area contributed by atoms with E-state index in [-0.39, 0.29) is 17.8 Å². The Morgan fingerprint density at radius 2 is 2.14 bits per heavy atom. The molecular formula is C21H23N5O3. The molecule has 150 valence electrons. The number of fused-ring (bicyclic) bond motifs is 3. The van der Waals surface area contributed by atoms with E-state index in [1.54, 1.807) is 19.3 Å². The van der Waals surface area contributed by atoms with Crippen LogP contribution >= 0.6 is 0 Å². The fraction of sp³-hybridized carbons (Fsp3) is 0.429. The number of hydrogen-bond acceptors (Lipinski definition) is 7. The Morgan fingerprint density at radius 1 is 1.28 bits per heavy atom. The van der Waals surface area contributed by atoms with Crippen molar-refractivity contribution in [1.82, 2.24) is 24.4 Å². The predicted molar refractivity (Wildman–Crippen MR) is 107 cm³/mol. The Kier molecular flexibility index (Phi) is 4.24. The molecule has 0 radical (unpaired) electrons. The highest BCUT2D eigenvalue weighted by molar-refractivity contribution is 5.62. The number of hydrogen-bond donors (Lipinski definition) is 0. The monoisotopic (exact) mass is 393 g/mol. The van der Waals surface area contributed by atoms with E-state index in [1.165, 1.54) is 0 Å². The molecular weight excluding hydrogens is 370 g/mol. The van der Waals surface area contributed by atoms with Gasteiger partial charge in [-0.3, -0.25) is 4.90 Å². The van der Waals surface area contributed by atoms with Crippen molar-refractivity contribution in [3.8, 4) is 17.3 Å². The summed E-state index contributed by atoms with van der Waals surface area (Å²) in [5.41, 5.74) is 3.10. The van der Waals surface area contributed by atoms with Crippen molar-refractivity contribution in [1.29, 1.82) is 0 Å². The topological polar surface area (TPSA) is 86.3 Å². The minimum atomic E-state index is -0.329. The lowest BCUT2D eigenvalue weighted by Gasteiger charge is -2.40. The highest BCUT2D eigenvalue weighted by Crippen LogP contribution is 2.33. The SMILES string of the molecule is Cc1cc2c(c(=O)o1)C=C1CCN([C@H](C)Cn3cnc(C)c4ncnc3-4)C[C@@H]1O2. The quantitative estimate of drug-likeness (QED) is 0.675. The molecule has 0 bridgehead atoms. The number of rotatable bonds is 3. The van der Waals surface area contributed by atoms with E-state index >= 15 is 0 Å². The zero-order valence-corrected chi connectivity index (χ0v) is 16.8. The summed E-state index contributed by atoms with van der Waals surface area (Å²) in [7, 11) is 0. The van der Waals surface area contributed by atoms with Crippen LogP contribution in [0.2, 0.25) is 0 Å². The van der Waals surface area contributed by atoms with Crippen LogP contribution < -0.4 is 10.4 Å². The van der Waals surface area contributed by atoms with Gasteiger partial charge in [0.2, 0.25) is 0 Å². The standard InChI is InChI=1S/C21H23N5O3/c1-12(8-26-11-24-14(3)19-20(26)23-10-22-19)25-5-4-15-7-16-17(29-18(15)9-25)6-13(2)28-21(16)27/h6-7,10-12,18H,4-5,8-9H2,1-3H3/t12-,18+/m1/s1. The summed E-state index contributed by atoms with van der Waals surface area (Å²) in [6.45, 7) is 8.38. The molecule has 8 nitrogen and oxygen atoms in total. The number of nitrogens with zero attached hydrogens (tertiary/aromatic N) is 5. The molecule has 1 aromatic rings. The molecule has 4 aliphatic heterocycles. The summed E-state index contributed by atoms with van der Waals surface area (Å²) >= 11 is 0. The number of likely N-dealkylation sites (tertiary alicyclic amines) is 1. The third-order valence-corrected chi connectivity index (χ3v) is 5.84. The molecule has 1 fully saturated rings. The lowest BCUT2D eigenvalue weighted by molar-refractivity contribution is 0.0924. The van der Waals surface area contributed by atoms with Gasteiger partial charge in [-0.25, -0.2) is 19.7 Å². The average molecular weight is 393 g/mol. The number of aryl methyl sites for hydroxylation is 2. The summed E-state index contributed by atoms with van der Waals surface area (Å²) in [5.74, 6) is 2.05. The number of piperidine rings is 1. The second-order valence-corrected chi connectivity index (χ2v) is 7.87. The normalized spacial score (nSPS) is 20.0. The van der Waals surface area contributed by atoms with Crippen molar-refractivity contribution in [2.24, 2.45) is 0 Å². The molecule has 4 aliphatic rings. The average Bonchev–Trinajstić information content (AvgIpc) is 3.19. The van der Waals surface area contributed by atoms with Gasteiger partial charge >= 0.3 is 5.63 Å². The van der Waals surface area contributed by atoms with Crippen molar-refractivity contribution in [2.75, 3.05) is 13.1 Å². The zero-order valence-electron chi connectivity index (χ0n) is 16.8. The number of imidazole rings is 1. The summed E-state index contributed by atoms with van der Waals surface area (Å²) in [4.78, 5) is 27.7. The maximum atomic E-state index is 12.1. The van der Waals surface area contributed by atoms with Crippen LogP contribution in [0.15, 0.2) is 33.5 Å². The van der Waals surface area contributed by atoms with Crippen LogP contribution in [0, 0.1) is 13.8 Å². The predicted octanol–water partition coefficient (Wildman–Crippen LogP) is 2.29. The molecule has 0 saturated carbocycles. The van der Waals surface area contributed by atoms with Crippen LogP contribution in [0.3, 0.4) is 0 Å². The van der Waals surface area contributed by atoms with Gasteiger partial charge in [0, 0.05) is 31.7 Å². The van der Waals surface area contributed by atoms with E-state index in [2.05, 4.69) is 31.3 Å². The molecule has 0 N–H and O–H groups in total. The lowest BCUT2D eigenvalue weighted by Crippen LogP contribution is -2.48. The highest BCUT2D eigenvalue weighted by Gasteiger charge is 2.33. The number of ether oxygens (including phenoxy) is 1. The molecule has 5 rings (SSSR count). The smallest absolute Gasteiger partial charge is 0.346 e. The first-order chi connectivity index (χ1) is 14.0.